The van der Waals surface area contributed by atoms with E-state index in [1.54, 1.807) is 52.1 Å². The van der Waals surface area contributed by atoms with E-state index in [4.69, 9.17) is 9.47 Å². The number of carbonyl (C=O) groups is 4. The normalized spacial score (nSPS) is 11.9. The van der Waals surface area contributed by atoms with Gasteiger partial charge in [-0.2, -0.15) is 0 Å². The molecule has 166 valence electrons. The Morgan fingerprint density at radius 1 is 1.13 bits per heavy atom. The van der Waals surface area contributed by atoms with Crippen LogP contribution in [0.25, 0.3) is 0 Å². The number of ether oxygens (including phenoxy) is 2. The van der Waals surface area contributed by atoms with Crippen molar-refractivity contribution >= 4 is 35.6 Å². The average Bonchev–Trinajstić information content (AvgIpc) is 2.65. The number of esters is 1. The molecule has 0 radical (unpaired) electrons. The van der Waals surface area contributed by atoms with Crippen LogP contribution >= 0.6 is 11.8 Å². The highest BCUT2D eigenvalue weighted by molar-refractivity contribution is 8.00. The second kappa shape index (κ2) is 12.2. The Bertz CT molecular complexity index is 763. The second-order valence-corrected chi connectivity index (χ2v) is 8.39. The zero-order valence-electron chi connectivity index (χ0n) is 17.9. The van der Waals surface area contributed by atoms with Crippen molar-refractivity contribution in [1.29, 1.82) is 0 Å². The molecule has 10 heteroatoms. The molecule has 0 fully saturated rings. The Morgan fingerprint density at radius 3 is 2.43 bits per heavy atom. The van der Waals surface area contributed by atoms with Gasteiger partial charge in [-0.25, -0.2) is 9.59 Å². The molecule has 0 spiro atoms. The van der Waals surface area contributed by atoms with Gasteiger partial charge in [0.05, 0.1) is 17.9 Å². The molecule has 1 atom stereocenters. The van der Waals surface area contributed by atoms with Gasteiger partial charge in [0.15, 0.2) is 6.10 Å². The molecule has 0 aromatic heterocycles. The highest BCUT2D eigenvalue weighted by Gasteiger charge is 2.24. The first kappa shape index (κ1) is 25.4. The third kappa shape index (κ3) is 9.75. The first-order chi connectivity index (χ1) is 14.0. The average molecular weight is 440 g/mol. The zero-order chi connectivity index (χ0) is 22.7. The summed E-state index contributed by atoms with van der Waals surface area (Å²) < 4.78 is 10.1. The van der Waals surface area contributed by atoms with Crippen molar-refractivity contribution in [3.8, 4) is 0 Å². The maximum absolute atomic E-state index is 12.5. The fourth-order valence-electron chi connectivity index (χ4n) is 2.11. The number of thioether (sulfide) groups is 1. The van der Waals surface area contributed by atoms with Crippen LogP contribution in [-0.4, -0.2) is 61.5 Å². The molecular formula is C20H29N3O6S. The number of carbonyl (C=O) groups excluding carboxylic acids is 4. The van der Waals surface area contributed by atoms with E-state index >= 15 is 0 Å². The molecule has 1 aromatic rings. The van der Waals surface area contributed by atoms with E-state index in [0.717, 1.165) is 0 Å². The van der Waals surface area contributed by atoms with Gasteiger partial charge in [0.25, 0.3) is 5.91 Å². The van der Waals surface area contributed by atoms with Crippen molar-refractivity contribution in [2.75, 3.05) is 26.0 Å². The van der Waals surface area contributed by atoms with Crippen molar-refractivity contribution in [3.05, 3.63) is 29.8 Å². The first-order valence-corrected chi connectivity index (χ1v) is 10.3. The molecule has 30 heavy (non-hydrogen) atoms. The Kier molecular flexibility index (Phi) is 10.3. The molecule has 0 aliphatic rings. The predicted molar refractivity (Wildman–Crippen MR) is 113 cm³/mol. The molecule has 1 rings (SSSR count). The summed E-state index contributed by atoms with van der Waals surface area (Å²) in [6.07, 6.45) is -1.18. The minimum atomic E-state index is -1.18. The van der Waals surface area contributed by atoms with Crippen molar-refractivity contribution in [2.45, 2.75) is 44.2 Å². The summed E-state index contributed by atoms with van der Waals surface area (Å²) in [5.41, 5.74) is -0.290. The SMILES string of the molecule is COCCNC(=O)CSc1ccccc1C(=O)OC(C)C(=O)NC(=O)NC(C)(C)C. The van der Waals surface area contributed by atoms with Gasteiger partial charge < -0.3 is 20.1 Å². The van der Waals surface area contributed by atoms with Gasteiger partial charge in [-0.1, -0.05) is 12.1 Å². The zero-order valence-corrected chi connectivity index (χ0v) is 18.7. The molecule has 9 nitrogen and oxygen atoms in total. The number of imide groups is 1. The van der Waals surface area contributed by atoms with E-state index in [0.29, 0.717) is 18.0 Å². The molecule has 0 aliphatic heterocycles. The van der Waals surface area contributed by atoms with Crippen LogP contribution in [0, 0.1) is 0 Å². The molecule has 0 saturated heterocycles. The van der Waals surface area contributed by atoms with Crippen LogP contribution in [0.15, 0.2) is 29.2 Å². The number of methoxy groups -OCH3 is 1. The lowest BCUT2D eigenvalue weighted by atomic mass is 10.1. The molecule has 0 bridgehead atoms. The minimum absolute atomic E-state index is 0.108. The van der Waals surface area contributed by atoms with Crippen LogP contribution in [-0.2, 0) is 19.1 Å². The molecule has 0 heterocycles. The Labute approximate surface area is 180 Å². The van der Waals surface area contributed by atoms with E-state index in [-0.39, 0.29) is 17.2 Å². The summed E-state index contributed by atoms with van der Waals surface area (Å²) in [5, 5.41) is 7.41. The number of nitrogens with one attached hydrogen (secondary N) is 3. The number of urea groups is 1. The lowest BCUT2D eigenvalue weighted by Gasteiger charge is -2.21. The van der Waals surface area contributed by atoms with E-state index in [9.17, 15) is 19.2 Å². The molecular weight excluding hydrogens is 410 g/mol. The van der Waals surface area contributed by atoms with Gasteiger partial charge in [-0.3, -0.25) is 14.9 Å². The number of amides is 4. The fraction of sp³-hybridized carbons (Fsp3) is 0.500. The summed E-state index contributed by atoms with van der Waals surface area (Å²) in [7, 11) is 1.54. The van der Waals surface area contributed by atoms with Gasteiger partial charge >= 0.3 is 12.0 Å². The third-order valence-corrected chi connectivity index (χ3v) is 4.55. The van der Waals surface area contributed by atoms with Gasteiger partial charge in [0, 0.05) is 24.1 Å². The summed E-state index contributed by atoms with van der Waals surface area (Å²) in [5.74, 6) is -1.56. The van der Waals surface area contributed by atoms with E-state index in [1.165, 1.54) is 18.7 Å². The standard InChI is InChI=1S/C20H29N3O6S/c1-13(17(25)22-19(27)23-20(2,3)4)29-18(26)14-8-6-7-9-15(14)30-12-16(24)21-10-11-28-5/h6-9,13H,10-12H2,1-5H3,(H,21,24)(H2,22,23,25,27). The summed E-state index contributed by atoms with van der Waals surface area (Å²) in [6.45, 7) is 7.49. The highest BCUT2D eigenvalue weighted by Crippen LogP contribution is 2.23. The fourth-order valence-corrected chi connectivity index (χ4v) is 2.98. The smallest absolute Gasteiger partial charge is 0.340 e. The molecule has 4 amide bonds. The van der Waals surface area contributed by atoms with Crippen LogP contribution in [0.5, 0.6) is 0 Å². The molecule has 3 N–H and O–H groups in total. The Hall–Kier alpha value is -2.59. The molecule has 0 saturated carbocycles. The summed E-state index contributed by atoms with van der Waals surface area (Å²) in [6, 6.07) is 5.94. The molecule has 0 aliphatic carbocycles. The number of hydrogen-bond acceptors (Lipinski definition) is 7. The van der Waals surface area contributed by atoms with Crippen molar-refractivity contribution < 1.29 is 28.7 Å². The Morgan fingerprint density at radius 2 is 1.80 bits per heavy atom. The second-order valence-electron chi connectivity index (χ2n) is 7.37. The third-order valence-electron chi connectivity index (χ3n) is 3.47. The number of rotatable bonds is 9. The summed E-state index contributed by atoms with van der Waals surface area (Å²) in [4.78, 5) is 48.8. The van der Waals surface area contributed by atoms with Crippen LogP contribution in [0.4, 0.5) is 4.79 Å². The monoisotopic (exact) mass is 439 g/mol. The quantitative estimate of drug-likeness (QED) is 0.304. The van der Waals surface area contributed by atoms with Crippen molar-refractivity contribution in [1.82, 2.24) is 16.0 Å². The molecule has 1 unspecified atom stereocenters. The van der Waals surface area contributed by atoms with Gasteiger partial charge in [-0.05, 0) is 39.8 Å². The summed E-state index contributed by atoms with van der Waals surface area (Å²) >= 11 is 1.18. The Balaban J connectivity index is 2.65. The van der Waals surface area contributed by atoms with Gasteiger partial charge in [0.2, 0.25) is 5.91 Å². The molecule has 1 aromatic carbocycles. The van der Waals surface area contributed by atoms with Crippen LogP contribution < -0.4 is 16.0 Å². The van der Waals surface area contributed by atoms with Gasteiger partial charge in [-0.15, -0.1) is 11.8 Å². The lowest BCUT2D eigenvalue weighted by Crippen LogP contribution is -2.50. The van der Waals surface area contributed by atoms with Crippen molar-refractivity contribution in [2.24, 2.45) is 0 Å². The number of hydrogen-bond donors (Lipinski definition) is 3. The van der Waals surface area contributed by atoms with Crippen molar-refractivity contribution in [3.63, 3.8) is 0 Å². The number of benzene rings is 1. The van der Waals surface area contributed by atoms with E-state index in [2.05, 4.69) is 16.0 Å². The van der Waals surface area contributed by atoms with Crippen LogP contribution in [0.1, 0.15) is 38.1 Å². The largest absolute Gasteiger partial charge is 0.449 e. The minimum Gasteiger partial charge on any atom is -0.449 e. The maximum atomic E-state index is 12.5. The van der Waals surface area contributed by atoms with Crippen LogP contribution in [0.2, 0.25) is 0 Å². The van der Waals surface area contributed by atoms with Crippen LogP contribution in [0.3, 0.4) is 0 Å². The van der Waals surface area contributed by atoms with E-state index in [1.807, 2.05) is 0 Å². The highest BCUT2D eigenvalue weighted by atomic mass is 32.2. The predicted octanol–water partition coefficient (Wildman–Crippen LogP) is 1.71. The topological polar surface area (TPSA) is 123 Å². The first-order valence-electron chi connectivity index (χ1n) is 9.35. The van der Waals surface area contributed by atoms with E-state index < -0.39 is 29.6 Å². The van der Waals surface area contributed by atoms with Gasteiger partial charge in [0.1, 0.15) is 0 Å². The maximum Gasteiger partial charge on any atom is 0.340 e. The lowest BCUT2D eigenvalue weighted by molar-refractivity contribution is -0.128.